The summed E-state index contributed by atoms with van der Waals surface area (Å²) in [5.41, 5.74) is 0.0901. The third-order valence-electron chi connectivity index (χ3n) is 3.35. The van der Waals surface area contributed by atoms with Gasteiger partial charge in [-0.15, -0.1) is 35.3 Å². The highest BCUT2D eigenvalue weighted by molar-refractivity contribution is 14.0. The van der Waals surface area contributed by atoms with Crippen LogP contribution in [-0.4, -0.2) is 26.1 Å². The molecular weight excluding hydrogens is 409 g/mol. The molecule has 0 saturated carbocycles. The Balaban J connectivity index is 0.00000242. The molecule has 2 N–H and O–H groups in total. The molecule has 0 amide bonds. The molecule has 0 fully saturated rings. The van der Waals surface area contributed by atoms with Crippen molar-refractivity contribution in [3.05, 3.63) is 46.5 Å². The third-order valence-corrected chi connectivity index (χ3v) is 4.59. The van der Waals surface area contributed by atoms with Crippen molar-refractivity contribution in [1.82, 2.24) is 10.6 Å². The summed E-state index contributed by atoms with van der Waals surface area (Å²) < 4.78 is 5.31. The SMILES string of the molecule is CN=C(NCCc1ccco1)NCC(C)(C)c1cccs1.I. The van der Waals surface area contributed by atoms with E-state index >= 15 is 0 Å². The molecule has 2 aromatic rings. The van der Waals surface area contributed by atoms with Gasteiger partial charge in [0, 0.05) is 36.9 Å². The van der Waals surface area contributed by atoms with Gasteiger partial charge < -0.3 is 15.1 Å². The van der Waals surface area contributed by atoms with Crippen molar-refractivity contribution in [2.24, 2.45) is 4.99 Å². The molecule has 4 nitrogen and oxygen atoms in total. The molecule has 6 heteroatoms. The Morgan fingerprint density at radius 1 is 1.27 bits per heavy atom. The van der Waals surface area contributed by atoms with Crippen LogP contribution in [0.3, 0.4) is 0 Å². The van der Waals surface area contributed by atoms with Gasteiger partial charge >= 0.3 is 0 Å². The van der Waals surface area contributed by atoms with Gasteiger partial charge in [-0.25, -0.2) is 0 Å². The number of nitrogens with zero attached hydrogens (tertiary/aromatic N) is 1. The number of furan rings is 1. The van der Waals surface area contributed by atoms with Gasteiger partial charge in [0.25, 0.3) is 0 Å². The Hall–Kier alpha value is -1.02. The fraction of sp³-hybridized carbons (Fsp3) is 0.438. The maximum Gasteiger partial charge on any atom is 0.191 e. The average Bonchev–Trinajstić information content (AvgIpc) is 3.15. The first-order valence-corrected chi connectivity index (χ1v) is 8.01. The van der Waals surface area contributed by atoms with Crippen molar-refractivity contribution in [2.75, 3.05) is 20.1 Å². The van der Waals surface area contributed by atoms with Gasteiger partial charge in [-0.05, 0) is 23.6 Å². The second kappa shape index (κ2) is 9.19. The standard InChI is InChI=1S/C16H23N3OS.HI/c1-16(2,14-7-5-11-21-14)12-19-15(17-3)18-9-8-13-6-4-10-20-13;/h4-7,10-11H,8-9,12H2,1-3H3,(H2,17,18,19);1H. The van der Waals surface area contributed by atoms with Gasteiger partial charge in [0.05, 0.1) is 6.26 Å². The Morgan fingerprint density at radius 2 is 2.09 bits per heavy atom. The number of guanidine groups is 1. The summed E-state index contributed by atoms with van der Waals surface area (Å²) in [4.78, 5) is 5.63. The van der Waals surface area contributed by atoms with Crippen LogP contribution in [0.15, 0.2) is 45.3 Å². The normalized spacial score (nSPS) is 11.9. The Bertz CT molecular complexity index is 550. The fourth-order valence-corrected chi connectivity index (χ4v) is 2.89. The van der Waals surface area contributed by atoms with Crippen molar-refractivity contribution < 1.29 is 4.42 Å². The van der Waals surface area contributed by atoms with Crippen molar-refractivity contribution in [3.8, 4) is 0 Å². The van der Waals surface area contributed by atoms with Gasteiger partial charge in [-0.2, -0.15) is 0 Å². The largest absolute Gasteiger partial charge is 0.469 e. The molecular formula is C16H24IN3OS. The topological polar surface area (TPSA) is 49.6 Å². The van der Waals surface area contributed by atoms with E-state index in [1.165, 1.54) is 4.88 Å². The number of halogens is 1. The molecule has 0 unspecified atom stereocenters. The molecule has 0 radical (unpaired) electrons. The van der Waals surface area contributed by atoms with Gasteiger partial charge in [0.1, 0.15) is 5.76 Å². The summed E-state index contributed by atoms with van der Waals surface area (Å²) >= 11 is 1.79. The minimum absolute atomic E-state index is 0. The summed E-state index contributed by atoms with van der Waals surface area (Å²) in [6, 6.07) is 8.17. The second-order valence-corrected chi connectivity index (χ2v) is 6.49. The molecule has 0 aliphatic carbocycles. The number of thiophene rings is 1. The Labute approximate surface area is 153 Å². The molecule has 0 saturated heterocycles. The molecule has 2 rings (SSSR count). The van der Waals surface area contributed by atoms with Crippen LogP contribution in [0.2, 0.25) is 0 Å². The maximum atomic E-state index is 5.31. The predicted octanol–water partition coefficient (Wildman–Crippen LogP) is 3.64. The molecule has 0 atom stereocenters. The van der Waals surface area contributed by atoms with E-state index < -0.39 is 0 Å². The minimum Gasteiger partial charge on any atom is -0.469 e. The number of rotatable bonds is 6. The lowest BCUT2D eigenvalue weighted by atomic mass is 9.91. The fourth-order valence-electron chi connectivity index (χ4n) is 2.04. The van der Waals surface area contributed by atoms with Crippen LogP contribution >= 0.6 is 35.3 Å². The molecule has 0 aliphatic rings. The number of hydrogen-bond donors (Lipinski definition) is 2. The van der Waals surface area contributed by atoms with E-state index in [2.05, 4.69) is 47.0 Å². The Kier molecular flexibility index (Phi) is 7.95. The van der Waals surface area contributed by atoms with Crippen LogP contribution in [0.4, 0.5) is 0 Å². The lowest BCUT2D eigenvalue weighted by molar-refractivity contribution is 0.502. The molecule has 22 heavy (non-hydrogen) atoms. The van der Waals surface area contributed by atoms with E-state index in [4.69, 9.17) is 4.42 Å². The zero-order valence-electron chi connectivity index (χ0n) is 13.3. The zero-order valence-corrected chi connectivity index (χ0v) is 16.4. The highest BCUT2D eigenvalue weighted by Gasteiger charge is 2.21. The minimum atomic E-state index is 0. The lowest BCUT2D eigenvalue weighted by Gasteiger charge is -2.25. The van der Waals surface area contributed by atoms with Crippen LogP contribution in [-0.2, 0) is 11.8 Å². The second-order valence-electron chi connectivity index (χ2n) is 5.54. The van der Waals surface area contributed by atoms with E-state index in [1.807, 2.05) is 12.1 Å². The van der Waals surface area contributed by atoms with Crippen LogP contribution in [0.5, 0.6) is 0 Å². The smallest absolute Gasteiger partial charge is 0.191 e. The quantitative estimate of drug-likeness (QED) is 0.416. The molecule has 0 bridgehead atoms. The first kappa shape index (κ1) is 19.0. The highest BCUT2D eigenvalue weighted by atomic mass is 127. The van der Waals surface area contributed by atoms with Crippen LogP contribution in [0.1, 0.15) is 24.5 Å². The van der Waals surface area contributed by atoms with E-state index in [0.29, 0.717) is 0 Å². The zero-order chi connectivity index (χ0) is 15.1. The number of nitrogens with one attached hydrogen (secondary N) is 2. The van der Waals surface area contributed by atoms with Gasteiger partial charge in [-0.3, -0.25) is 4.99 Å². The van der Waals surface area contributed by atoms with Crippen LogP contribution in [0.25, 0.3) is 0 Å². The molecule has 2 aromatic heterocycles. The molecule has 122 valence electrons. The lowest BCUT2D eigenvalue weighted by Crippen LogP contribution is -2.43. The predicted molar refractivity (Wildman–Crippen MR) is 105 cm³/mol. The first-order valence-electron chi connectivity index (χ1n) is 7.13. The monoisotopic (exact) mass is 433 g/mol. The van der Waals surface area contributed by atoms with Crippen molar-refractivity contribution >= 4 is 41.3 Å². The van der Waals surface area contributed by atoms with Gasteiger partial charge in [-0.1, -0.05) is 19.9 Å². The van der Waals surface area contributed by atoms with E-state index in [9.17, 15) is 0 Å². The van der Waals surface area contributed by atoms with Gasteiger partial charge in [0.2, 0.25) is 0 Å². The molecule has 0 spiro atoms. The number of aliphatic imine (C=N–C) groups is 1. The summed E-state index contributed by atoms with van der Waals surface area (Å²) in [7, 11) is 1.79. The van der Waals surface area contributed by atoms with Crippen molar-refractivity contribution in [2.45, 2.75) is 25.7 Å². The first-order chi connectivity index (χ1) is 10.1. The van der Waals surface area contributed by atoms with E-state index in [1.54, 1.807) is 24.6 Å². The highest BCUT2D eigenvalue weighted by Crippen LogP contribution is 2.26. The average molecular weight is 433 g/mol. The molecule has 0 aromatic carbocycles. The van der Waals surface area contributed by atoms with E-state index in [-0.39, 0.29) is 29.4 Å². The summed E-state index contributed by atoms with van der Waals surface area (Å²) in [5.74, 6) is 1.81. The molecule has 0 aliphatic heterocycles. The van der Waals surface area contributed by atoms with Gasteiger partial charge in [0.15, 0.2) is 5.96 Å². The number of hydrogen-bond acceptors (Lipinski definition) is 3. The summed E-state index contributed by atoms with van der Waals surface area (Å²) in [5, 5.41) is 8.82. The van der Waals surface area contributed by atoms with Crippen LogP contribution < -0.4 is 10.6 Å². The summed E-state index contributed by atoms with van der Waals surface area (Å²) in [6.07, 6.45) is 2.55. The Morgan fingerprint density at radius 3 is 2.68 bits per heavy atom. The van der Waals surface area contributed by atoms with Crippen molar-refractivity contribution in [3.63, 3.8) is 0 Å². The van der Waals surface area contributed by atoms with Crippen LogP contribution in [0, 0.1) is 0 Å². The van der Waals surface area contributed by atoms with Crippen molar-refractivity contribution in [1.29, 1.82) is 0 Å². The summed E-state index contributed by atoms with van der Waals surface area (Å²) in [6.45, 7) is 6.12. The van der Waals surface area contributed by atoms with E-state index in [0.717, 1.165) is 31.2 Å². The molecule has 2 heterocycles. The maximum absolute atomic E-state index is 5.31. The third kappa shape index (κ3) is 5.64.